The average molecular weight is 407 g/mol. The number of nitrogens with zero attached hydrogens (tertiary/aromatic N) is 5. The normalized spacial score (nSPS) is 26.5. The summed E-state index contributed by atoms with van der Waals surface area (Å²) < 4.78 is 10.5. The number of azide groups is 1. The van der Waals surface area contributed by atoms with Crippen LogP contribution in [0, 0.1) is 11.8 Å². The van der Waals surface area contributed by atoms with E-state index in [1.807, 2.05) is 6.07 Å². The molecule has 0 saturated carbocycles. The van der Waals surface area contributed by atoms with Gasteiger partial charge in [0, 0.05) is 34.7 Å². The second-order valence-corrected chi connectivity index (χ2v) is 7.55. The number of carbonyl (C=O) groups is 3. The number of aromatic nitrogens is 1. The van der Waals surface area contributed by atoms with E-state index in [9.17, 15) is 14.4 Å². The highest BCUT2D eigenvalue weighted by Crippen LogP contribution is 2.52. The first-order valence-corrected chi connectivity index (χ1v) is 9.58. The second kappa shape index (κ2) is 6.70. The molecular formula is C20H17N5O5. The SMILES string of the molecule is COC(=O)N1CC[C@@H]2OC(=O)[C@@H]3C(=O)c4c(nc5ccccc5c4CN=[N+]=[N-])[C@H]1[C@@H]32. The van der Waals surface area contributed by atoms with Crippen LogP contribution in [-0.4, -0.2) is 47.5 Å². The van der Waals surface area contributed by atoms with E-state index in [4.69, 9.17) is 20.0 Å². The Morgan fingerprint density at radius 1 is 1.40 bits per heavy atom. The zero-order chi connectivity index (χ0) is 21.0. The number of fused-ring (bicyclic) bond motifs is 3. The number of ketones is 1. The Bertz CT molecular complexity index is 1160. The molecular weight excluding hydrogens is 390 g/mol. The summed E-state index contributed by atoms with van der Waals surface area (Å²) >= 11 is 0. The van der Waals surface area contributed by atoms with E-state index >= 15 is 0 Å². The number of rotatable bonds is 2. The van der Waals surface area contributed by atoms with Crippen LogP contribution in [-0.2, 0) is 20.8 Å². The van der Waals surface area contributed by atoms with E-state index in [2.05, 4.69) is 10.0 Å². The maximum absolute atomic E-state index is 13.5. The molecule has 152 valence electrons. The third-order valence-electron chi connectivity index (χ3n) is 6.23. The summed E-state index contributed by atoms with van der Waals surface area (Å²) in [7, 11) is 1.29. The minimum atomic E-state index is -1.02. The van der Waals surface area contributed by atoms with Crippen molar-refractivity contribution in [3.05, 3.63) is 51.5 Å². The number of carbonyl (C=O) groups excluding carboxylic acids is 3. The van der Waals surface area contributed by atoms with Gasteiger partial charge in [0.15, 0.2) is 5.78 Å². The van der Waals surface area contributed by atoms with Crippen LogP contribution >= 0.6 is 0 Å². The summed E-state index contributed by atoms with van der Waals surface area (Å²) in [4.78, 5) is 47.8. The van der Waals surface area contributed by atoms with Crippen LogP contribution in [0.3, 0.4) is 0 Å². The monoisotopic (exact) mass is 407 g/mol. The van der Waals surface area contributed by atoms with Gasteiger partial charge in [-0.05, 0) is 17.2 Å². The van der Waals surface area contributed by atoms with E-state index < -0.39 is 41.8 Å². The Labute approximate surface area is 170 Å². The Morgan fingerprint density at radius 3 is 2.97 bits per heavy atom. The highest BCUT2D eigenvalue weighted by Gasteiger charge is 2.61. The number of hydrogen-bond acceptors (Lipinski definition) is 7. The number of Topliss-reactive ketones (excluding diaryl/α,β-unsaturated/α-hetero) is 1. The number of para-hydroxylation sites is 1. The quantitative estimate of drug-likeness (QED) is 0.247. The zero-order valence-electron chi connectivity index (χ0n) is 16.0. The smallest absolute Gasteiger partial charge is 0.410 e. The van der Waals surface area contributed by atoms with Gasteiger partial charge in [0.05, 0.1) is 30.9 Å². The van der Waals surface area contributed by atoms with Gasteiger partial charge in [-0.3, -0.25) is 14.5 Å². The lowest BCUT2D eigenvalue weighted by Gasteiger charge is -2.44. The van der Waals surface area contributed by atoms with Gasteiger partial charge < -0.3 is 9.47 Å². The number of likely N-dealkylation sites (tertiary alicyclic amines) is 1. The lowest BCUT2D eigenvalue weighted by molar-refractivity contribution is -0.143. The van der Waals surface area contributed by atoms with Gasteiger partial charge in [-0.2, -0.15) is 0 Å². The third-order valence-corrected chi connectivity index (χ3v) is 6.23. The van der Waals surface area contributed by atoms with Gasteiger partial charge in [-0.1, -0.05) is 23.3 Å². The minimum Gasteiger partial charge on any atom is -0.461 e. The zero-order valence-corrected chi connectivity index (χ0v) is 16.0. The molecule has 3 aliphatic rings. The molecule has 0 bridgehead atoms. The van der Waals surface area contributed by atoms with Gasteiger partial charge >= 0.3 is 12.1 Å². The number of methoxy groups -OCH3 is 1. The van der Waals surface area contributed by atoms with Crippen molar-refractivity contribution in [2.75, 3.05) is 13.7 Å². The molecule has 2 fully saturated rings. The first kappa shape index (κ1) is 18.4. The van der Waals surface area contributed by atoms with Crippen LogP contribution in [0.5, 0.6) is 0 Å². The topological polar surface area (TPSA) is 135 Å². The van der Waals surface area contributed by atoms with Crippen molar-refractivity contribution in [3.8, 4) is 0 Å². The van der Waals surface area contributed by atoms with E-state index in [-0.39, 0.29) is 12.1 Å². The molecule has 0 N–H and O–H groups in total. The Balaban J connectivity index is 1.83. The fraction of sp³-hybridized carbons (Fsp3) is 0.400. The van der Waals surface area contributed by atoms with Gasteiger partial charge in [0.1, 0.15) is 12.0 Å². The summed E-state index contributed by atoms with van der Waals surface area (Å²) in [6, 6.07) is 6.56. The van der Waals surface area contributed by atoms with Crippen LogP contribution in [0.2, 0.25) is 0 Å². The number of esters is 1. The van der Waals surface area contributed by atoms with Crippen LogP contribution in [0.15, 0.2) is 29.4 Å². The molecule has 2 aliphatic heterocycles. The Hall–Kier alpha value is -3.65. The molecule has 0 spiro atoms. The van der Waals surface area contributed by atoms with E-state index in [1.54, 1.807) is 18.2 Å². The van der Waals surface area contributed by atoms with Crippen molar-refractivity contribution < 1.29 is 23.9 Å². The third kappa shape index (κ3) is 2.40. The Kier molecular flexibility index (Phi) is 4.11. The van der Waals surface area contributed by atoms with Crippen molar-refractivity contribution >= 4 is 28.7 Å². The number of hydrogen-bond donors (Lipinski definition) is 0. The highest BCUT2D eigenvalue weighted by molar-refractivity contribution is 6.14. The van der Waals surface area contributed by atoms with E-state index in [0.29, 0.717) is 35.1 Å². The average Bonchev–Trinajstić information content (AvgIpc) is 3.10. The first-order valence-electron chi connectivity index (χ1n) is 9.58. The van der Waals surface area contributed by atoms with Crippen molar-refractivity contribution in [1.82, 2.24) is 9.88 Å². The van der Waals surface area contributed by atoms with Crippen molar-refractivity contribution in [2.45, 2.75) is 25.1 Å². The molecule has 0 radical (unpaired) electrons. The predicted octanol–water partition coefficient (Wildman–Crippen LogP) is 2.91. The number of amides is 1. The summed E-state index contributed by atoms with van der Waals surface area (Å²) in [5.41, 5.74) is 10.6. The number of piperidine rings is 1. The fourth-order valence-corrected chi connectivity index (χ4v) is 5.07. The molecule has 30 heavy (non-hydrogen) atoms. The van der Waals surface area contributed by atoms with Gasteiger partial charge in [0.25, 0.3) is 0 Å². The molecule has 0 unspecified atom stereocenters. The number of ether oxygens (including phenoxy) is 2. The van der Waals surface area contributed by atoms with E-state index in [0.717, 1.165) is 0 Å². The molecule has 4 atom stereocenters. The van der Waals surface area contributed by atoms with Crippen LogP contribution in [0.1, 0.15) is 34.1 Å². The lowest BCUT2D eigenvalue weighted by atomic mass is 9.68. The molecule has 10 nitrogen and oxygen atoms in total. The second-order valence-electron chi connectivity index (χ2n) is 7.55. The fourth-order valence-electron chi connectivity index (χ4n) is 5.07. The van der Waals surface area contributed by atoms with Crippen LogP contribution in [0.25, 0.3) is 21.3 Å². The summed E-state index contributed by atoms with van der Waals surface area (Å²) in [6.45, 7) is 0.237. The summed E-state index contributed by atoms with van der Waals surface area (Å²) in [6.07, 6.45) is -0.580. The summed E-state index contributed by atoms with van der Waals surface area (Å²) in [5.74, 6) is -2.52. The molecule has 1 aromatic heterocycles. The minimum absolute atomic E-state index is 0.0750. The van der Waals surface area contributed by atoms with Crippen molar-refractivity contribution in [1.29, 1.82) is 0 Å². The predicted molar refractivity (Wildman–Crippen MR) is 102 cm³/mol. The summed E-state index contributed by atoms with van der Waals surface area (Å²) in [5, 5.41) is 4.33. The molecule has 1 aromatic carbocycles. The molecule has 3 heterocycles. The van der Waals surface area contributed by atoms with Crippen molar-refractivity contribution in [3.63, 3.8) is 0 Å². The van der Waals surface area contributed by atoms with Gasteiger partial charge in [0.2, 0.25) is 0 Å². The maximum atomic E-state index is 13.5. The number of pyridine rings is 1. The molecule has 10 heteroatoms. The molecule has 2 saturated heterocycles. The van der Waals surface area contributed by atoms with E-state index in [1.165, 1.54) is 12.0 Å². The molecule has 1 aliphatic carbocycles. The maximum Gasteiger partial charge on any atom is 0.410 e. The molecule has 5 rings (SSSR count). The Morgan fingerprint density at radius 2 is 2.20 bits per heavy atom. The first-order chi connectivity index (χ1) is 14.6. The van der Waals surface area contributed by atoms with Crippen LogP contribution in [0.4, 0.5) is 4.79 Å². The van der Waals surface area contributed by atoms with Crippen LogP contribution < -0.4 is 0 Å². The van der Waals surface area contributed by atoms with Crippen molar-refractivity contribution in [2.24, 2.45) is 17.0 Å². The number of benzene rings is 1. The molecule has 2 aromatic rings. The van der Waals surface area contributed by atoms with Gasteiger partial charge in [-0.25, -0.2) is 9.78 Å². The van der Waals surface area contributed by atoms with Gasteiger partial charge in [-0.15, -0.1) is 0 Å². The highest BCUT2D eigenvalue weighted by atomic mass is 16.6. The lowest BCUT2D eigenvalue weighted by Crippen LogP contribution is -2.52. The molecule has 1 amide bonds. The standard InChI is InChI=1S/C20H17N5O5/c1-29-20(28)25-7-6-12-14-15(19(27)30-12)18(26)13-10(8-22-24-21)9-4-2-3-5-11(9)23-16(13)17(14)25/h2-5,12,14-15,17H,6-8H2,1H3/t12-,14+,15-,17+/m0/s1. The largest absolute Gasteiger partial charge is 0.461 e.